The summed E-state index contributed by atoms with van der Waals surface area (Å²) in [5, 5.41) is 3.77. The van der Waals surface area contributed by atoms with Crippen molar-refractivity contribution in [2.75, 3.05) is 13.7 Å². The van der Waals surface area contributed by atoms with E-state index in [0.717, 1.165) is 18.7 Å². The molecule has 1 N–H and O–H groups in total. The molecular formula is C21H27NO. The van der Waals surface area contributed by atoms with Gasteiger partial charge in [0.25, 0.3) is 0 Å². The minimum atomic E-state index is 0.652. The molecule has 2 atom stereocenters. The molecule has 1 aliphatic carbocycles. The quantitative estimate of drug-likeness (QED) is 0.845. The van der Waals surface area contributed by atoms with Crippen LogP contribution >= 0.6 is 0 Å². The molecule has 0 saturated heterocycles. The summed E-state index contributed by atoms with van der Waals surface area (Å²) in [6.45, 7) is 1.07. The van der Waals surface area contributed by atoms with Crippen molar-refractivity contribution in [2.45, 2.75) is 44.1 Å². The third kappa shape index (κ3) is 4.59. The molecular weight excluding hydrogens is 282 g/mol. The van der Waals surface area contributed by atoms with Gasteiger partial charge in [-0.2, -0.15) is 0 Å². The molecule has 0 spiro atoms. The van der Waals surface area contributed by atoms with Crippen LogP contribution in [0.4, 0.5) is 0 Å². The van der Waals surface area contributed by atoms with Gasteiger partial charge in [-0.1, -0.05) is 48.9 Å². The molecule has 0 amide bonds. The zero-order valence-corrected chi connectivity index (χ0v) is 14.0. The van der Waals surface area contributed by atoms with Gasteiger partial charge >= 0.3 is 0 Å². The molecule has 2 aromatic carbocycles. The van der Waals surface area contributed by atoms with Crippen LogP contribution in [0.5, 0.6) is 5.75 Å². The van der Waals surface area contributed by atoms with Gasteiger partial charge in [0.15, 0.2) is 0 Å². The average molecular weight is 309 g/mol. The third-order valence-electron chi connectivity index (χ3n) is 4.95. The third-order valence-corrected chi connectivity index (χ3v) is 4.95. The molecule has 0 radical (unpaired) electrons. The molecule has 0 aromatic heterocycles. The van der Waals surface area contributed by atoms with E-state index in [0.29, 0.717) is 12.0 Å². The number of hydrogen-bond donors (Lipinski definition) is 1. The second-order valence-corrected chi connectivity index (χ2v) is 6.52. The van der Waals surface area contributed by atoms with Gasteiger partial charge in [0.2, 0.25) is 0 Å². The van der Waals surface area contributed by atoms with E-state index in [1.165, 1.54) is 36.8 Å². The van der Waals surface area contributed by atoms with Crippen molar-refractivity contribution in [3.8, 4) is 5.75 Å². The van der Waals surface area contributed by atoms with E-state index in [2.05, 4.69) is 59.9 Å². The lowest BCUT2D eigenvalue weighted by atomic mass is 9.81. The molecule has 2 unspecified atom stereocenters. The Labute approximate surface area is 139 Å². The predicted molar refractivity (Wildman–Crippen MR) is 96.1 cm³/mol. The number of ether oxygens (including phenoxy) is 1. The van der Waals surface area contributed by atoms with Gasteiger partial charge < -0.3 is 10.1 Å². The normalized spacial score (nSPS) is 21.1. The minimum absolute atomic E-state index is 0.652. The van der Waals surface area contributed by atoms with Crippen LogP contribution in [0.1, 0.15) is 42.7 Å². The summed E-state index contributed by atoms with van der Waals surface area (Å²) in [6.07, 6.45) is 6.30. The molecule has 1 aliphatic rings. The van der Waals surface area contributed by atoms with Gasteiger partial charge in [-0.25, -0.2) is 0 Å². The van der Waals surface area contributed by atoms with Gasteiger partial charge in [-0.15, -0.1) is 0 Å². The Balaban J connectivity index is 1.49. The first-order chi connectivity index (χ1) is 11.3. The molecule has 1 fully saturated rings. The van der Waals surface area contributed by atoms with Crippen LogP contribution < -0.4 is 10.1 Å². The number of methoxy groups -OCH3 is 1. The van der Waals surface area contributed by atoms with Crippen molar-refractivity contribution in [3.05, 3.63) is 65.7 Å². The number of rotatable bonds is 6. The molecule has 3 rings (SSSR count). The molecule has 122 valence electrons. The standard InChI is InChI=1S/C21H27NO/c1-23-21-12-10-18(11-13-21)19-8-5-9-20(16-19)22-15-14-17-6-3-2-4-7-17/h2-4,6-7,10-13,19-20,22H,5,8-9,14-16H2,1H3. The molecule has 0 bridgehead atoms. The van der Waals surface area contributed by atoms with Crippen LogP contribution in [0, 0.1) is 0 Å². The summed E-state index contributed by atoms with van der Waals surface area (Å²) in [6, 6.07) is 20.0. The highest BCUT2D eigenvalue weighted by Gasteiger charge is 2.22. The zero-order valence-electron chi connectivity index (χ0n) is 14.0. The van der Waals surface area contributed by atoms with Gasteiger partial charge in [-0.3, -0.25) is 0 Å². The Morgan fingerprint density at radius 2 is 1.78 bits per heavy atom. The first-order valence-electron chi connectivity index (χ1n) is 8.76. The highest BCUT2D eigenvalue weighted by atomic mass is 16.5. The van der Waals surface area contributed by atoms with Crippen LogP contribution in [0.2, 0.25) is 0 Å². The summed E-state index contributed by atoms with van der Waals surface area (Å²) in [5.41, 5.74) is 2.88. The Morgan fingerprint density at radius 1 is 1.00 bits per heavy atom. The molecule has 2 nitrogen and oxygen atoms in total. The topological polar surface area (TPSA) is 21.3 Å². The van der Waals surface area contributed by atoms with Crippen LogP contribution in [0.3, 0.4) is 0 Å². The van der Waals surface area contributed by atoms with E-state index in [1.807, 2.05) is 0 Å². The maximum Gasteiger partial charge on any atom is 0.118 e. The highest BCUT2D eigenvalue weighted by molar-refractivity contribution is 5.29. The molecule has 23 heavy (non-hydrogen) atoms. The molecule has 2 aromatic rings. The van der Waals surface area contributed by atoms with Gasteiger partial charge in [-0.05, 0) is 61.4 Å². The molecule has 1 saturated carbocycles. The van der Waals surface area contributed by atoms with Crippen LogP contribution in [0.25, 0.3) is 0 Å². The van der Waals surface area contributed by atoms with Gasteiger partial charge in [0, 0.05) is 6.04 Å². The number of benzene rings is 2. The van der Waals surface area contributed by atoms with Crippen LogP contribution in [-0.2, 0) is 6.42 Å². The van der Waals surface area contributed by atoms with E-state index in [1.54, 1.807) is 7.11 Å². The lowest BCUT2D eigenvalue weighted by Crippen LogP contribution is -2.34. The summed E-state index contributed by atoms with van der Waals surface area (Å²) in [7, 11) is 1.72. The van der Waals surface area contributed by atoms with Gasteiger partial charge in [0.05, 0.1) is 7.11 Å². The molecule has 2 heteroatoms. The Kier molecular flexibility index (Phi) is 5.71. The second-order valence-electron chi connectivity index (χ2n) is 6.52. The maximum atomic E-state index is 5.26. The first kappa shape index (κ1) is 16.1. The van der Waals surface area contributed by atoms with E-state index in [-0.39, 0.29) is 0 Å². The van der Waals surface area contributed by atoms with Crippen LogP contribution in [0.15, 0.2) is 54.6 Å². The summed E-state index contributed by atoms with van der Waals surface area (Å²) in [4.78, 5) is 0. The monoisotopic (exact) mass is 309 g/mol. The predicted octanol–water partition coefficient (Wildman–Crippen LogP) is 4.55. The summed E-state index contributed by atoms with van der Waals surface area (Å²) < 4.78 is 5.26. The van der Waals surface area contributed by atoms with Crippen molar-refractivity contribution >= 4 is 0 Å². The van der Waals surface area contributed by atoms with Gasteiger partial charge in [0.1, 0.15) is 5.75 Å². The van der Waals surface area contributed by atoms with Crippen molar-refractivity contribution < 1.29 is 4.74 Å². The maximum absolute atomic E-state index is 5.26. The lowest BCUT2D eigenvalue weighted by Gasteiger charge is -2.30. The fraction of sp³-hybridized carbons (Fsp3) is 0.429. The van der Waals surface area contributed by atoms with E-state index in [9.17, 15) is 0 Å². The minimum Gasteiger partial charge on any atom is -0.497 e. The smallest absolute Gasteiger partial charge is 0.118 e. The Hall–Kier alpha value is -1.80. The molecule has 0 aliphatic heterocycles. The van der Waals surface area contributed by atoms with Crippen molar-refractivity contribution in [2.24, 2.45) is 0 Å². The SMILES string of the molecule is COc1ccc(C2CCCC(NCCc3ccccc3)C2)cc1. The number of hydrogen-bond acceptors (Lipinski definition) is 2. The first-order valence-corrected chi connectivity index (χ1v) is 8.76. The van der Waals surface area contributed by atoms with Crippen molar-refractivity contribution in [3.63, 3.8) is 0 Å². The Morgan fingerprint density at radius 3 is 2.52 bits per heavy atom. The highest BCUT2D eigenvalue weighted by Crippen LogP contribution is 2.33. The summed E-state index contributed by atoms with van der Waals surface area (Å²) in [5.74, 6) is 1.63. The lowest BCUT2D eigenvalue weighted by molar-refractivity contribution is 0.341. The Bertz CT molecular complexity index is 579. The van der Waals surface area contributed by atoms with E-state index in [4.69, 9.17) is 4.74 Å². The summed E-state index contributed by atoms with van der Waals surface area (Å²) >= 11 is 0. The van der Waals surface area contributed by atoms with Crippen LogP contribution in [-0.4, -0.2) is 19.7 Å². The molecule has 0 heterocycles. The fourth-order valence-electron chi connectivity index (χ4n) is 3.62. The number of nitrogens with one attached hydrogen (secondary N) is 1. The van der Waals surface area contributed by atoms with E-state index < -0.39 is 0 Å². The largest absolute Gasteiger partial charge is 0.497 e. The second kappa shape index (κ2) is 8.16. The zero-order chi connectivity index (χ0) is 15.9. The van der Waals surface area contributed by atoms with Crippen molar-refractivity contribution in [1.82, 2.24) is 5.32 Å². The van der Waals surface area contributed by atoms with Crippen molar-refractivity contribution in [1.29, 1.82) is 0 Å². The van der Waals surface area contributed by atoms with E-state index >= 15 is 0 Å². The fourth-order valence-corrected chi connectivity index (χ4v) is 3.62. The average Bonchev–Trinajstić information content (AvgIpc) is 2.63.